The van der Waals surface area contributed by atoms with E-state index in [9.17, 15) is 4.79 Å². The summed E-state index contributed by atoms with van der Waals surface area (Å²) < 4.78 is 7.81. The lowest BCUT2D eigenvalue weighted by Gasteiger charge is -2.12. The second-order valence-electron chi connectivity index (χ2n) is 6.38. The summed E-state index contributed by atoms with van der Waals surface area (Å²) in [4.78, 5) is 16.9. The van der Waals surface area contributed by atoms with E-state index in [1.54, 1.807) is 12.4 Å². The molecule has 3 aromatic rings. The minimum absolute atomic E-state index is 0.152. The van der Waals surface area contributed by atoms with Crippen molar-refractivity contribution in [2.24, 2.45) is 0 Å². The molecule has 0 aliphatic carbocycles. The average molecular weight is 364 g/mol. The van der Waals surface area contributed by atoms with E-state index in [1.807, 2.05) is 54.9 Å². The number of carbonyl (C=O) groups is 1. The average Bonchev–Trinajstić information content (AvgIpc) is 3.03. The number of hydrogen-bond acceptors (Lipinski definition) is 4. The molecule has 0 fully saturated rings. The number of carbonyl (C=O) groups excluding carboxylic acids is 1. The Morgan fingerprint density at radius 2 is 2.00 bits per heavy atom. The molecule has 1 aromatic carbocycles. The molecule has 2 aromatic heterocycles. The van der Waals surface area contributed by atoms with Crippen molar-refractivity contribution in [3.63, 3.8) is 0 Å². The zero-order valence-corrected chi connectivity index (χ0v) is 15.9. The highest BCUT2D eigenvalue weighted by atomic mass is 16.5. The largest absolute Gasteiger partial charge is 0.438 e. The molecule has 0 aliphatic heterocycles. The number of nitrogens with zero attached hydrogens (tertiary/aromatic N) is 3. The first-order valence-electron chi connectivity index (χ1n) is 9.08. The van der Waals surface area contributed by atoms with E-state index in [2.05, 4.69) is 22.3 Å². The van der Waals surface area contributed by atoms with Gasteiger partial charge in [0.1, 0.15) is 5.75 Å². The van der Waals surface area contributed by atoms with Crippen LogP contribution in [-0.4, -0.2) is 20.7 Å². The van der Waals surface area contributed by atoms with Gasteiger partial charge in [-0.2, -0.15) is 5.10 Å². The van der Waals surface area contributed by atoms with E-state index in [0.29, 0.717) is 18.0 Å². The van der Waals surface area contributed by atoms with Crippen molar-refractivity contribution < 1.29 is 9.53 Å². The van der Waals surface area contributed by atoms with Crippen LogP contribution in [0.15, 0.2) is 48.8 Å². The third-order valence-corrected chi connectivity index (χ3v) is 4.37. The zero-order chi connectivity index (χ0) is 19.2. The number of aromatic nitrogens is 3. The Bertz CT molecular complexity index is 933. The summed E-state index contributed by atoms with van der Waals surface area (Å²) in [7, 11) is 0. The Hall–Kier alpha value is -3.15. The Morgan fingerprint density at radius 1 is 1.19 bits per heavy atom. The van der Waals surface area contributed by atoms with E-state index in [0.717, 1.165) is 35.5 Å². The molecule has 0 atom stereocenters. The van der Waals surface area contributed by atoms with Gasteiger partial charge in [0, 0.05) is 30.5 Å². The van der Waals surface area contributed by atoms with E-state index in [-0.39, 0.29) is 5.91 Å². The van der Waals surface area contributed by atoms with Crippen LogP contribution >= 0.6 is 0 Å². The van der Waals surface area contributed by atoms with Crippen LogP contribution in [0.1, 0.15) is 40.5 Å². The standard InChI is InChI=1S/C21H24N4O2/c1-4-12-25-16(3)18(14-24-25)20(26)23-13-17-9-7-11-22-21(17)27-19-10-6-5-8-15(19)2/h5-11,14H,4,12-13H2,1-3H3,(H,23,26). The first-order valence-corrected chi connectivity index (χ1v) is 9.08. The Labute approximate surface area is 159 Å². The monoisotopic (exact) mass is 364 g/mol. The van der Waals surface area contributed by atoms with E-state index in [4.69, 9.17) is 4.74 Å². The molecule has 140 valence electrons. The molecular weight excluding hydrogens is 340 g/mol. The molecule has 3 rings (SSSR count). The molecule has 0 saturated heterocycles. The van der Waals surface area contributed by atoms with Gasteiger partial charge in [0.15, 0.2) is 0 Å². The number of amides is 1. The number of nitrogens with one attached hydrogen (secondary N) is 1. The number of rotatable bonds is 7. The molecule has 2 heterocycles. The predicted molar refractivity (Wildman–Crippen MR) is 104 cm³/mol. The number of aryl methyl sites for hydroxylation is 2. The van der Waals surface area contributed by atoms with E-state index in [1.165, 1.54) is 0 Å². The second-order valence-corrected chi connectivity index (χ2v) is 6.38. The van der Waals surface area contributed by atoms with Crippen molar-refractivity contribution in [2.75, 3.05) is 0 Å². The minimum Gasteiger partial charge on any atom is -0.438 e. The first kappa shape index (κ1) is 18.6. The van der Waals surface area contributed by atoms with Crippen molar-refractivity contribution >= 4 is 5.91 Å². The van der Waals surface area contributed by atoms with Crippen molar-refractivity contribution in [1.82, 2.24) is 20.1 Å². The molecule has 1 amide bonds. The smallest absolute Gasteiger partial charge is 0.255 e. The summed E-state index contributed by atoms with van der Waals surface area (Å²) in [5, 5.41) is 7.22. The Kier molecular flexibility index (Phi) is 5.86. The fraction of sp³-hybridized carbons (Fsp3) is 0.286. The number of pyridine rings is 1. The maximum atomic E-state index is 12.6. The van der Waals surface area contributed by atoms with Crippen LogP contribution in [0.3, 0.4) is 0 Å². The van der Waals surface area contributed by atoms with Crippen LogP contribution in [0.25, 0.3) is 0 Å². The number of para-hydroxylation sites is 1. The summed E-state index contributed by atoms with van der Waals surface area (Å²) in [5.41, 5.74) is 3.30. The lowest BCUT2D eigenvalue weighted by molar-refractivity contribution is 0.0950. The van der Waals surface area contributed by atoms with Crippen LogP contribution in [0, 0.1) is 13.8 Å². The van der Waals surface area contributed by atoms with Gasteiger partial charge < -0.3 is 10.1 Å². The van der Waals surface area contributed by atoms with Gasteiger partial charge in [-0.15, -0.1) is 0 Å². The van der Waals surface area contributed by atoms with Gasteiger partial charge in [-0.25, -0.2) is 4.98 Å². The third-order valence-electron chi connectivity index (χ3n) is 4.37. The topological polar surface area (TPSA) is 69.0 Å². The van der Waals surface area contributed by atoms with Crippen molar-refractivity contribution in [3.8, 4) is 11.6 Å². The summed E-state index contributed by atoms with van der Waals surface area (Å²) in [6.07, 6.45) is 4.27. The maximum absolute atomic E-state index is 12.6. The summed E-state index contributed by atoms with van der Waals surface area (Å²) in [5.74, 6) is 1.09. The highest BCUT2D eigenvalue weighted by molar-refractivity contribution is 5.95. The fourth-order valence-corrected chi connectivity index (χ4v) is 2.80. The van der Waals surface area contributed by atoms with E-state index >= 15 is 0 Å². The Balaban J connectivity index is 1.71. The molecule has 0 radical (unpaired) electrons. The van der Waals surface area contributed by atoms with E-state index < -0.39 is 0 Å². The van der Waals surface area contributed by atoms with Crippen molar-refractivity contribution in [1.29, 1.82) is 0 Å². The van der Waals surface area contributed by atoms with Gasteiger partial charge >= 0.3 is 0 Å². The quantitative estimate of drug-likeness (QED) is 0.687. The number of benzene rings is 1. The predicted octanol–water partition coefficient (Wildman–Crippen LogP) is 4.03. The summed E-state index contributed by atoms with van der Waals surface area (Å²) in [6, 6.07) is 11.5. The SMILES string of the molecule is CCCn1ncc(C(=O)NCc2cccnc2Oc2ccccc2C)c1C. The molecule has 0 spiro atoms. The van der Waals surface area contributed by atoms with Gasteiger partial charge in [0.05, 0.1) is 11.8 Å². The van der Waals surface area contributed by atoms with Crippen LogP contribution in [-0.2, 0) is 13.1 Å². The highest BCUT2D eigenvalue weighted by Gasteiger charge is 2.15. The number of ether oxygens (including phenoxy) is 1. The van der Waals surface area contributed by atoms with Gasteiger partial charge in [0.2, 0.25) is 5.88 Å². The lowest BCUT2D eigenvalue weighted by Crippen LogP contribution is -2.23. The van der Waals surface area contributed by atoms with Crippen LogP contribution in [0.2, 0.25) is 0 Å². The molecule has 0 aliphatic rings. The van der Waals surface area contributed by atoms with Gasteiger partial charge in [-0.05, 0) is 38.0 Å². The van der Waals surface area contributed by atoms with Crippen molar-refractivity contribution in [2.45, 2.75) is 40.3 Å². The molecule has 0 unspecified atom stereocenters. The lowest BCUT2D eigenvalue weighted by atomic mass is 10.2. The molecule has 6 heteroatoms. The van der Waals surface area contributed by atoms with Crippen molar-refractivity contribution in [3.05, 3.63) is 71.2 Å². The molecule has 27 heavy (non-hydrogen) atoms. The summed E-state index contributed by atoms with van der Waals surface area (Å²) >= 11 is 0. The van der Waals surface area contributed by atoms with Crippen LogP contribution in [0.5, 0.6) is 11.6 Å². The summed E-state index contributed by atoms with van der Waals surface area (Å²) in [6.45, 7) is 7.10. The molecule has 1 N–H and O–H groups in total. The molecule has 0 saturated carbocycles. The van der Waals surface area contributed by atoms with Gasteiger partial charge in [0.25, 0.3) is 5.91 Å². The highest BCUT2D eigenvalue weighted by Crippen LogP contribution is 2.25. The number of hydrogen-bond donors (Lipinski definition) is 1. The molecule has 0 bridgehead atoms. The molecule has 6 nitrogen and oxygen atoms in total. The van der Waals surface area contributed by atoms with Gasteiger partial charge in [-0.3, -0.25) is 9.48 Å². The maximum Gasteiger partial charge on any atom is 0.255 e. The fourth-order valence-electron chi connectivity index (χ4n) is 2.80. The normalized spacial score (nSPS) is 10.6. The first-order chi connectivity index (χ1) is 13.1. The van der Waals surface area contributed by atoms with Gasteiger partial charge in [-0.1, -0.05) is 31.2 Å². The zero-order valence-electron chi connectivity index (χ0n) is 15.9. The van der Waals surface area contributed by atoms with Crippen LogP contribution in [0.4, 0.5) is 0 Å². The van der Waals surface area contributed by atoms with Crippen LogP contribution < -0.4 is 10.1 Å². The minimum atomic E-state index is -0.152. The third kappa shape index (κ3) is 4.34. The molecular formula is C21H24N4O2. The Morgan fingerprint density at radius 3 is 2.78 bits per heavy atom. The second kappa shape index (κ2) is 8.49.